The Morgan fingerprint density at radius 1 is 1.11 bits per heavy atom. The molecule has 0 spiro atoms. The maximum absolute atomic E-state index is 13.0. The van der Waals surface area contributed by atoms with E-state index in [9.17, 15) is 8.42 Å². The van der Waals surface area contributed by atoms with Gasteiger partial charge in [-0.15, -0.1) is 0 Å². The Hall–Kier alpha value is -1.90. The molecule has 0 saturated carbocycles. The number of nitrogens with zero attached hydrogens (tertiary/aromatic N) is 4. The zero-order valence-electron chi connectivity index (χ0n) is 15.7. The molecule has 0 bridgehead atoms. The lowest BCUT2D eigenvalue weighted by molar-refractivity contribution is 0.382. The molecule has 2 heterocycles. The minimum atomic E-state index is -3.58. The quantitative estimate of drug-likeness (QED) is 0.817. The lowest BCUT2D eigenvalue weighted by Gasteiger charge is -2.34. The molecule has 0 aliphatic carbocycles. The number of benzene rings is 1. The molecule has 2 aromatic rings. The number of hydrogen-bond acceptors (Lipinski definition) is 6. The lowest BCUT2D eigenvalue weighted by Crippen LogP contribution is -2.49. The largest absolute Gasteiger partial charge is 0.370 e. The van der Waals surface area contributed by atoms with Crippen LogP contribution in [-0.4, -0.2) is 55.4 Å². The molecule has 146 valence electrons. The van der Waals surface area contributed by atoms with Crippen LogP contribution in [-0.2, 0) is 10.0 Å². The van der Waals surface area contributed by atoms with Gasteiger partial charge in [-0.25, -0.2) is 13.4 Å². The van der Waals surface area contributed by atoms with Gasteiger partial charge < -0.3 is 10.2 Å². The zero-order valence-corrected chi connectivity index (χ0v) is 17.3. The number of aromatic nitrogens is 2. The van der Waals surface area contributed by atoms with Gasteiger partial charge >= 0.3 is 0 Å². The van der Waals surface area contributed by atoms with E-state index in [-0.39, 0.29) is 4.90 Å². The van der Waals surface area contributed by atoms with Crippen molar-refractivity contribution in [1.82, 2.24) is 14.3 Å². The first-order valence-electron chi connectivity index (χ1n) is 8.92. The second kappa shape index (κ2) is 8.00. The van der Waals surface area contributed by atoms with Crippen molar-refractivity contribution in [2.75, 3.05) is 42.9 Å². The molecule has 0 atom stereocenters. The Labute approximate surface area is 165 Å². The Morgan fingerprint density at radius 2 is 1.81 bits per heavy atom. The van der Waals surface area contributed by atoms with E-state index in [4.69, 9.17) is 11.6 Å². The standard InChI is InChI=1S/C18H24ClN5O2S/c1-4-20-17-11-14(3)21-18(22-17)23-7-9-24(10-8-23)27(25,26)16-12-15(19)6-5-13(16)2/h5-6,11-12H,4,7-10H2,1-3H3,(H,20,21,22). The summed E-state index contributed by atoms with van der Waals surface area (Å²) < 4.78 is 27.5. The minimum absolute atomic E-state index is 0.268. The molecule has 0 unspecified atom stereocenters. The van der Waals surface area contributed by atoms with Gasteiger partial charge in [0.25, 0.3) is 0 Å². The highest BCUT2D eigenvalue weighted by atomic mass is 35.5. The van der Waals surface area contributed by atoms with Crippen LogP contribution in [0, 0.1) is 13.8 Å². The Balaban J connectivity index is 1.76. The molecule has 1 saturated heterocycles. The number of halogens is 1. The SMILES string of the molecule is CCNc1cc(C)nc(N2CCN(S(=O)(=O)c3cc(Cl)ccc3C)CC2)n1. The molecule has 9 heteroatoms. The molecular weight excluding hydrogens is 386 g/mol. The van der Waals surface area contributed by atoms with Crippen molar-refractivity contribution < 1.29 is 8.42 Å². The van der Waals surface area contributed by atoms with E-state index in [1.807, 2.05) is 24.8 Å². The van der Waals surface area contributed by atoms with Gasteiger partial charge in [0.2, 0.25) is 16.0 Å². The summed E-state index contributed by atoms with van der Waals surface area (Å²) in [5, 5.41) is 3.62. The van der Waals surface area contributed by atoms with Crippen LogP contribution < -0.4 is 10.2 Å². The fourth-order valence-electron chi connectivity index (χ4n) is 3.09. The van der Waals surface area contributed by atoms with E-state index < -0.39 is 10.0 Å². The average Bonchev–Trinajstić information content (AvgIpc) is 2.63. The average molecular weight is 410 g/mol. The molecule has 1 N–H and O–H groups in total. The van der Waals surface area contributed by atoms with Crippen molar-refractivity contribution in [3.8, 4) is 0 Å². The van der Waals surface area contributed by atoms with Gasteiger partial charge in [-0.05, 0) is 38.5 Å². The van der Waals surface area contributed by atoms with Gasteiger partial charge in [-0.3, -0.25) is 0 Å². The predicted molar refractivity (Wildman–Crippen MR) is 108 cm³/mol. The molecule has 1 aliphatic rings. The second-order valence-electron chi connectivity index (χ2n) is 6.53. The number of nitrogens with one attached hydrogen (secondary N) is 1. The summed E-state index contributed by atoms with van der Waals surface area (Å²) in [4.78, 5) is 11.3. The summed E-state index contributed by atoms with van der Waals surface area (Å²) in [6.07, 6.45) is 0. The van der Waals surface area contributed by atoms with Gasteiger partial charge in [-0.1, -0.05) is 17.7 Å². The van der Waals surface area contributed by atoms with Crippen molar-refractivity contribution in [3.63, 3.8) is 0 Å². The number of aryl methyl sites for hydroxylation is 2. The first-order chi connectivity index (χ1) is 12.8. The highest BCUT2D eigenvalue weighted by Gasteiger charge is 2.30. The molecule has 1 aromatic heterocycles. The Kier molecular flexibility index (Phi) is 5.88. The van der Waals surface area contributed by atoms with Gasteiger partial charge in [0.05, 0.1) is 4.90 Å². The molecule has 1 fully saturated rings. The smallest absolute Gasteiger partial charge is 0.243 e. The summed E-state index contributed by atoms with van der Waals surface area (Å²) in [6, 6.07) is 6.85. The van der Waals surface area contributed by atoms with Crippen molar-refractivity contribution in [1.29, 1.82) is 0 Å². The summed E-state index contributed by atoms with van der Waals surface area (Å²) in [5.41, 5.74) is 1.57. The fourth-order valence-corrected chi connectivity index (χ4v) is 5.00. The van der Waals surface area contributed by atoms with Crippen molar-refractivity contribution in [3.05, 3.63) is 40.5 Å². The van der Waals surface area contributed by atoms with Crippen LogP contribution in [0.1, 0.15) is 18.2 Å². The molecular formula is C18H24ClN5O2S. The fraction of sp³-hybridized carbons (Fsp3) is 0.444. The predicted octanol–water partition coefficient (Wildman–Crippen LogP) is 2.69. The van der Waals surface area contributed by atoms with Crippen LogP contribution in [0.25, 0.3) is 0 Å². The highest BCUT2D eigenvalue weighted by Crippen LogP contribution is 2.25. The van der Waals surface area contributed by atoms with Gasteiger partial charge in [0, 0.05) is 49.5 Å². The maximum atomic E-state index is 13.0. The first kappa shape index (κ1) is 19.9. The third-order valence-electron chi connectivity index (χ3n) is 4.49. The first-order valence-corrected chi connectivity index (χ1v) is 10.7. The van der Waals surface area contributed by atoms with Crippen LogP contribution in [0.2, 0.25) is 5.02 Å². The third-order valence-corrected chi connectivity index (χ3v) is 6.77. The Bertz CT molecular complexity index is 927. The van der Waals surface area contributed by atoms with Crippen LogP contribution in [0.3, 0.4) is 0 Å². The molecule has 1 aliphatic heterocycles. The molecule has 1 aromatic carbocycles. The summed E-state index contributed by atoms with van der Waals surface area (Å²) in [5.74, 6) is 1.41. The minimum Gasteiger partial charge on any atom is -0.370 e. The van der Waals surface area contributed by atoms with Crippen LogP contribution in [0.4, 0.5) is 11.8 Å². The molecule has 0 amide bonds. The van der Waals surface area contributed by atoms with E-state index in [2.05, 4.69) is 15.3 Å². The van der Waals surface area contributed by atoms with E-state index in [1.54, 1.807) is 19.1 Å². The van der Waals surface area contributed by atoms with Crippen molar-refractivity contribution >= 4 is 33.4 Å². The zero-order chi connectivity index (χ0) is 19.6. The van der Waals surface area contributed by atoms with E-state index in [0.29, 0.717) is 42.7 Å². The van der Waals surface area contributed by atoms with E-state index in [1.165, 1.54) is 10.4 Å². The second-order valence-corrected chi connectivity index (χ2v) is 8.87. The molecule has 0 radical (unpaired) electrons. The normalized spacial score (nSPS) is 15.8. The number of hydrogen-bond donors (Lipinski definition) is 1. The topological polar surface area (TPSA) is 78.4 Å². The number of anilines is 2. The highest BCUT2D eigenvalue weighted by molar-refractivity contribution is 7.89. The van der Waals surface area contributed by atoms with Crippen molar-refractivity contribution in [2.24, 2.45) is 0 Å². The maximum Gasteiger partial charge on any atom is 0.243 e. The van der Waals surface area contributed by atoms with Crippen LogP contribution >= 0.6 is 11.6 Å². The van der Waals surface area contributed by atoms with E-state index >= 15 is 0 Å². The van der Waals surface area contributed by atoms with E-state index in [0.717, 1.165) is 18.1 Å². The van der Waals surface area contributed by atoms with Gasteiger partial charge in [-0.2, -0.15) is 9.29 Å². The molecule has 7 nitrogen and oxygen atoms in total. The van der Waals surface area contributed by atoms with Crippen molar-refractivity contribution in [2.45, 2.75) is 25.7 Å². The monoisotopic (exact) mass is 409 g/mol. The van der Waals surface area contributed by atoms with Crippen LogP contribution in [0.15, 0.2) is 29.2 Å². The molecule has 27 heavy (non-hydrogen) atoms. The lowest BCUT2D eigenvalue weighted by atomic mass is 10.2. The Morgan fingerprint density at radius 3 is 2.48 bits per heavy atom. The van der Waals surface area contributed by atoms with Gasteiger partial charge in [0.15, 0.2) is 0 Å². The third kappa shape index (κ3) is 4.34. The number of sulfonamides is 1. The summed E-state index contributed by atoms with van der Waals surface area (Å²) in [7, 11) is -3.58. The number of piperazine rings is 1. The number of rotatable bonds is 5. The summed E-state index contributed by atoms with van der Waals surface area (Å²) >= 11 is 6.01. The molecule has 3 rings (SSSR count). The van der Waals surface area contributed by atoms with Gasteiger partial charge in [0.1, 0.15) is 5.82 Å². The van der Waals surface area contributed by atoms with Crippen LogP contribution in [0.5, 0.6) is 0 Å². The summed E-state index contributed by atoms with van der Waals surface area (Å²) in [6.45, 7) is 8.32.